The number of phenols is 1. The third-order valence-corrected chi connectivity index (χ3v) is 5.36. The number of methoxy groups -OCH3 is 1. The van der Waals surface area contributed by atoms with Gasteiger partial charge in [-0.1, -0.05) is 6.42 Å². The van der Waals surface area contributed by atoms with E-state index in [1.807, 2.05) is 0 Å². The highest BCUT2D eigenvalue weighted by molar-refractivity contribution is 7.93. The van der Waals surface area contributed by atoms with Crippen molar-refractivity contribution in [1.29, 1.82) is 0 Å². The zero-order valence-electron chi connectivity index (χ0n) is 11.1. The number of rotatable bonds is 4. The van der Waals surface area contributed by atoms with Crippen LogP contribution in [0.25, 0.3) is 0 Å². The fourth-order valence-corrected chi connectivity index (χ4v) is 4.26. The van der Waals surface area contributed by atoms with Gasteiger partial charge in [0, 0.05) is 5.69 Å². The van der Waals surface area contributed by atoms with Gasteiger partial charge in [0.1, 0.15) is 5.75 Å². The van der Waals surface area contributed by atoms with Gasteiger partial charge in [-0.3, -0.25) is 9.52 Å². The van der Waals surface area contributed by atoms with Crippen molar-refractivity contribution in [1.82, 2.24) is 0 Å². The van der Waals surface area contributed by atoms with Gasteiger partial charge >= 0.3 is 5.97 Å². The van der Waals surface area contributed by atoms with E-state index < -0.39 is 27.2 Å². The zero-order valence-corrected chi connectivity index (χ0v) is 11.9. The van der Waals surface area contributed by atoms with E-state index in [-0.39, 0.29) is 5.75 Å². The first kappa shape index (κ1) is 14.6. The Labute approximate surface area is 117 Å². The van der Waals surface area contributed by atoms with Gasteiger partial charge in [-0.2, -0.15) is 0 Å². The minimum atomic E-state index is -3.66. The Hall–Kier alpha value is -1.76. The average molecular weight is 299 g/mol. The van der Waals surface area contributed by atoms with Gasteiger partial charge in [-0.05, 0) is 37.1 Å². The molecule has 1 aromatic rings. The molecular formula is C13H17NO5S. The molecule has 2 rings (SSSR count). The molecule has 1 fully saturated rings. The molecule has 0 aromatic heterocycles. The Morgan fingerprint density at radius 2 is 1.95 bits per heavy atom. The largest absolute Gasteiger partial charge is 0.508 e. The molecule has 1 aliphatic carbocycles. The number of hydrogen-bond donors (Lipinski definition) is 2. The third-order valence-electron chi connectivity index (χ3n) is 3.48. The lowest BCUT2D eigenvalue weighted by Crippen LogP contribution is -2.35. The molecule has 0 amide bonds. The molecule has 0 radical (unpaired) electrons. The van der Waals surface area contributed by atoms with E-state index in [2.05, 4.69) is 9.46 Å². The summed E-state index contributed by atoms with van der Waals surface area (Å²) in [5, 5.41) is 8.40. The average Bonchev–Trinajstić information content (AvgIpc) is 2.90. The normalized spacial score (nSPS) is 22.4. The van der Waals surface area contributed by atoms with Gasteiger partial charge in [-0.25, -0.2) is 8.42 Å². The predicted octanol–water partition coefficient (Wildman–Crippen LogP) is 1.48. The summed E-state index contributed by atoms with van der Waals surface area (Å²) in [6.45, 7) is 0. The lowest BCUT2D eigenvalue weighted by Gasteiger charge is -2.19. The SMILES string of the molecule is COC(=O)C1CCCC1S(=O)(=O)Nc1ccc(O)cc1. The maximum absolute atomic E-state index is 12.3. The van der Waals surface area contributed by atoms with Crippen molar-refractivity contribution in [3.8, 4) is 5.75 Å². The maximum Gasteiger partial charge on any atom is 0.310 e. The molecular weight excluding hydrogens is 282 g/mol. The maximum atomic E-state index is 12.3. The number of aromatic hydroxyl groups is 1. The fourth-order valence-electron chi connectivity index (χ4n) is 2.49. The smallest absolute Gasteiger partial charge is 0.310 e. The van der Waals surface area contributed by atoms with Crippen LogP contribution in [0, 0.1) is 5.92 Å². The van der Waals surface area contributed by atoms with Crippen molar-refractivity contribution in [3.63, 3.8) is 0 Å². The van der Waals surface area contributed by atoms with Crippen LogP contribution in [0.1, 0.15) is 19.3 Å². The van der Waals surface area contributed by atoms with Gasteiger partial charge < -0.3 is 9.84 Å². The van der Waals surface area contributed by atoms with Crippen molar-refractivity contribution in [2.75, 3.05) is 11.8 Å². The van der Waals surface area contributed by atoms with E-state index in [1.165, 1.54) is 31.4 Å². The molecule has 7 heteroatoms. The van der Waals surface area contributed by atoms with E-state index in [4.69, 9.17) is 0 Å². The molecule has 1 aromatic carbocycles. The topological polar surface area (TPSA) is 92.7 Å². The van der Waals surface area contributed by atoms with Crippen LogP contribution in [-0.4, -0.2) is 31.9 Å². The monoisotopic (exact) mass is 299 g/mol. The van der Waals surface area contributed by atoms with Gasteiger partial charge in [0.15, 0.2) is 0 Å². The molecule has 1 aliphatic rings. The number of nitrogens with one attached hydrogen (secondary N) is 1. The van der Waals surface area contributed by atoms with Gasteiger partial charge in [0.05, 0.1) is 18.3 Å². The molecule has 2 N–H and O–H groups in total. The highest BCUT2D eigenvalue weighted by Gasteiger charge is 2.42. The van der Waals surface area contributed by atoms with Crippen LogP contribution >= 0.6 is 0 Å². The molecule has 2 unspecified atom stereocenters. The predicted molar refractivity (Wildman–Crippen MR) is 73.8 cm³/mol. The Morgan fingerprint density at radius 1 is 1.30 bits per heavy atom. The first-order chi connectivity index (χ1) is 9.44. The molecule has 0 bridgehead atoms. The van der Waals surface area contributed by atoms with E-state index in [0.717, 1.165) is 0 Å². The molecule has 0 aliphatic heterocycles. The summed E-state index contributed by atoms with van der Waals surface area (Å²) in [5.41, 5.74) is 0.360. The van der Waals surface area contributed by atoms with Crippen molar-refractivity contribution < 1.29 is 23.1 Å². The number of ether oxygens (including phenoxy) is 1. The van der Waals surface area contributed by atoms with Gasteiger partial charge in [-0.15, -0.1) is 0 Å². The molecule has 1 saturated carbocycles. The van der Waals surface area contributed by atoms with Crippen LogP contribution in [0.5, 0.6) is 5.75 Å². The number of phenolic OH excluding ortho intramolecular Hbond substituents is 1. The highest BCUT2D eigenvalue weighted by Crippen LogP contribution is 2.33. The number of carbonyl (C=O) groups is 1. The van der Waals surface area contributed by atoms with Crippen molar-refractivity contribution >= 4 is 21.7 Å². The third kappa shape index (κ3) is 3.04. The van der Waals surface area contributed by atoms with Crippen LogP contribution in [0.2, 0.25) is 0 Å². The number of sulfonamides is 1. The summed E-state index contributed by atoms with van der Waals surface area (Å²) in [5.74, 6) is -1.04. The van der Waals surface area contributed by atoms with E-state index in [1.54, 1.807) is 0 Å². The lowest BCUT2D eigenvalue weighted by atomic mass is 10.1. The van der Waals surface area contributed by atoms with Crippen LogP contribution in [0.4, 0.5) is 5.69 Å². The fraction of sp³-hybridized carbons (Fsp3) is 0.462. The summed E-state index contributed by atoms with van der Waals surface area (Å²) in [6, 6.07) is 5.72. The highest BCUT2D eigenvalue weighted by atomic mass is 32.2. The molecule has 20 heavy (non-hydrogen) atoms. The Morgan fingerprint density at radius 3 is 2.55 bits per heavy atom. The molecule has 0 saturated heterocycles. The van der Waals surface area contributed by atoms with Crippen LogP contribution in [0.15, 0.2) is 24.3 Å². The van der Waals surface area contributed by atoms with Crippen molar-refractivity contribution in [2.45, 2.75) is 24.5 Å². The Kier molecular flexibility index (Phi) is 4.17. The molecule has 0 spiro atoms. The summed E-state index contributed by atoms with van der Waals surface area (Å²) in [6.07, 6.45) is 1.64. The van der Waals surface area contributed by atoms with Crippen LogP contribution < -0.4 is 4.72 Å². The summed E-state index contributed by atoms with van der Waals surface area (Å²) < 4.78 is 31.8. The molecule has 6 nitrogen and oxygen atoms in total. The minimum absolute atomic E-state index is 0.0567. The standard InChI is InChI=1S/C13H17NO5S/c1-19-13(16)11-3-2-4-12(11)20(17,18)14-9-5-7-10(15)8-6-9/h5-8,11-12,14-15H,2-4H2,1H3. The Balaban J connectivity index is 2.17. The van der Waals surface area contributed by atoms with Crippen LogP contribution in [-0.2, 0) is 19.6 Å². The molecule has 110 valence electrons. The number of hydrogen-bond acceptors (Lipinski definition) is 5. The first-order valence-corrected chi connectivity index (χ1v) is 7.87. The van der Waals surface area contributed by atoms with E-state index >= 15 is 0 Å². The van der Waals surface area contributed by atoms with Gasteiger partial charge in [0.2, 0.25) is 10.0 Å². The second-order valence-electron chi connectivity index (χ2n) is 4.79. The number of esters is 1. The number of benzene rings is 1. The quantitative estimate of drug-likeness (QED) is 0.649. The van der Waals surface area contributed by atoms with Crippen molar-refractivity contribution in [2.24, 2.45) is 5.92 Å². The van der Waals surface area contributed by atoms with Crippen LogP contribution in [0.3, 0.4) is 0 Å². The lowest BCUT2D eigenvalue weighted by molar-refractivity contribution is -0.145. The molecule has 2 atom stereocenters. The number of carbonyl (C=O) groups excluding carboxylic acids is 1. The minimum Gasteiger partial charge on any atom is -0.508 e. The van der Waals surface area contributed by atoms with Gasteiger partial charge in [0.25, 0.3) is 0 Å². The summed E-state index contributed by atoms with van der Waals surface area (Å²) >= 11 is 0. The number of anilines is 1. The second kappa shape index (κ2) is 5.70. The van der Waals surface area contributed by atoms with E-state index in [0.29, 0.717) is 24.9 Å². The van der Waals surface area contributed by atoms with E-state index in [9.17, 15) is 18.3 Å². The Bertz CT molecular complexity index is 581. The summed E-state index contributed by atoms with van der Waals surface area (Å²) in [7, 11) is -2.40. The van der Waals surface area contributed by atoms with Crippen molar-refractivity contribution in [3.05, 3.63) is 24.3 Å². The summed E-state index contributed by atoms with van der Waals surface area (Å²) in [4.78, 5) is 11.6. The zero-order chi connectivity index (χ0) is 14.8. The first-order valence-electron chi connectivity index (χ1n) is 6.32. The second-order valence-corrected chi connectivity index (χ2v) is 6.69. The molecule has 0 heterocycles.